The number of amides is 2. The molecule has 3 rings (SSSR count). The lowest BCUT2D eigenvalue weighted by molar-refractivity contribution is -0.121. The number of hydrogen-bond acceptors (Lipinski definition) is 5. The SMILES string of the molecule is CN1CCN(C(=O)c2ccc(CO)o2)C[C@]12CCNC(=O)CC2. The third kappa shape index (κ3) is 3.11. The van der Waals surface area contributed by atoms with E-state index in [4.69, 9.17) is 9.52 Å². The molecule has 7 heteroatoms. The summed E-state index contributed by atoms with van der Waals surface area (Å²) in [6, 6.07) is 3.23. The first-order valence-corrected chi connectivity index (χ1v) is 8.01. The summed E-state index contributed by atoms with van der Waals surface area (Å²) in [5.41, 5.74) is -0.167. The van der Waals surface area contributed by atoms with E-state index >= 15 is 0 Å². The zero-order valence-electron chi connectivity index (χ0n) is 13.4. The minimum atomic E-state index is -0.215. The molecule has 1 aromatic heterocycles. The van der Waals surface area contributed by atoms with E-state index in [0.717, 1.165) is 19.4 Å². The molecular weight excluding hydrogens is 298 g/mol. The van der Waals surface area contributed by atoms with Gasteiger partial charge in [-0.05, 0) is 32.0 Å². The predicted molar refractivity (Wildman–Crippen MR) is 82.8 cm³/mol. The van der Waals surface area contributed by atoms with Crippen molar-refractivity contribution < 1.29 is 19.1 Å². The van der Waals surface area contributed by atoms with Crippen molar-refractivity contribution >= 4 is 11.8 Å². The molecule has 2 fully saturated rings. The lowest BCUT2D eigenvalue weighted by Crippen LogP contribution is -2.62. The Morgan fingerprint density at radius 1 is 1.39 bits per heavy atom. The van der Waals surface area contributed by atoms with Crippen LogP contribution in [0.5, 0.6) is 0 Å². The second kappa shape index (κ2) is 6.33. The molecule has 2 saturated heterocycles. The van der Waals surface area contributed by atoms with Crippen LogP contribution in [0.25, 0.3) is 0 Å². The van der Waals surface area contributed by atoms with Crippen LogP contribution in [0.1, 0.15) is 35.6 Å². The van der Waals surface area contributed by atoms with Crippen LogP contribution >= 0.6 is 0 Å². The predicted octanol–water partition coefficient (Wildman–Crippen LogP) is 0.198. The molecule has 0 bridgehead atoms. The van der Waals surface area contributed by atoms with E-state index in [1.807, 2.05) is 0 Å². The Labute approximate surface area is 135 Å². The van der Waals surface area contributed by atoms with Gasteiger partial charge in [-0.2, -0.15) is 0 Å². The van der Waals surface area contributed by atoms with Gasteiger partial charge in [0.05, 0.1) is 0 Å². The Morgan fingerprint density at radius 3 is 2.96 bits per heavy atom. The second-order valence-electron chi connectivity index (χ2n) is 6.40. The summed E-state index contributed by atoms with van der Waals surface area (Å²) in [5, 5.41) is 12.0. The molecule has 0 aromatic carbocycles. The number of likely N-dealkylation sites (N-methyl/N-ethyl adjacent to an activating group) is 1. The number of nitrogens with zero attached hydrogens (tertiary/aromatic N) is 2. The highest BCUT2D eigenvalue weighted by molar-refractivity contribution is 5.91. The molecule has 1 atom stereocenters. The standard InChI is InChI=1S/C16H23N3O4/c1-18-8-9-19(15(22)13-3-2-12(10-20)23-13)11-16(18)5-4-14(21)17-7-6-16/h2-3,20H,4-11H2,1H3,(H,17,21)/t16-/m0/s1. The van der Waals surface area contributed by atoms with Crippen molar-refractivity contribution in [1.82, 2.24) is 15.1 Å². The van der Waals surface area contributed by atoms with Gasteiger partial charge in [-0.1, -0.05) is 0 Å². The monoisotopic (exact) mass is 321 g/mol. The molecule has 0 aliphatic carbocycles. The molecular formula is C16H23N3O4. The van der Waals surface area contributed by atoms with Gasteiger partial charge in [-0.15, -0.1) is 0 Å². The highest BCUT2D eigenvalue weighted by Crippen LogP contribution is 2.31. The van der Waals surface area contributed by atoms with Crippen molar-refractivity contribution in [2.24, 2.45) is 0 Å². The first-order valence-electron chi connectivity index (χ1n) is 8.01. The molecule has 3 heterocycles. The molecule has 126 valence electrons. The highest BCUT2D eigenvalue weighted by Gasteiger charge is 2.42. The fourth-order valence-corrected chi connectivity index (χ4v) is 3.50. The van der Waals surface area contributed by atoms with E-state index < -0.39 is 0 Å². The van der Waals surface area contributed by atoms with Crippen LogP contribution in [0.15, 0.2) is 16.5 Å². The van der Waals surface area contributed by atoms with Crippen molar-refractivity contribution in [3.63, 3.8) is 0 Å². The molecule has 2 amide bonds. The summed E-state index contributed by atoms with van der Waals surface area (Å²) < 4.78 is 5.37. The zero-order chi connectivity index (χ0) is 16.4. The maximum atomic E-state index is 12.7. The van der Waals surface area contributed by atoms with Crippen LogP contribution in [0.4, 0.5) is 0 Å². The summed E-state index contributed by atoms with van der Waals surface area (Å²) in [4.78, 5) is 28.4. The van der Waals surface area contributed by atoms with Gasteiger partial charge in [0.15, 0.2) is 5.76 Å². The van der Waals surface area contributed by atoms with Gasteiger partial charge < -0.3 is 19.7 Å². The summed E-state index contributed by atoms with van der Waals surface area (Å²) in [6.07, 6.45) is 2.07. The fraction of sp³-hybridized carbons (Fsp3) is 0.625. The fourth-order valence-electron chi connectivity index (χ4n) is 3.50. The average Bonchev–Trinajstić information content (AvgIpc) is 2.96. The number of aliphatic hydroxyl groups excluding tert-OH is 1. The van der Waals surface area contributed by atoms with Gasteiger partial charge >= 0.3 is 0 Å². The van der Waals surface area contributed by atoms with E-state index in [2.05, 4.69) is 17.3 Å². The molecule has 2 N–H and O–H groups in total. The minimum Gasteiger partial charge on any atom is -0.453 e. The number of hydrogen-bond donors (Lipinski definition) is 2. The average molecular weight is 321 g/mol. The number of piperazine rings is 1. The van der Waals surface area contributed by atoms with Gasteiger partial charge in [0, 0.05) is 38.1 Å². The van der Waals surface area contributed by atoms with Crippen LogP contribution in [-0.4, -0.2) is 65.5 Å². The van der Waals surface area contributed by atoms with Crippen molar-refractivity contribution in [2.75, 3.05) is 33.2 Å². The molecule has 23 heavy (non-hydrogen) atoms. The van der Waals surface area contributed by atoms with Crippen LogP contribution in [-0.2, 0) is 11.4 Å². The number of carbonyl (C=O) groups excluding carboxylic acids is 2. The number of aliphatic hydroxyl groups is 1. The van der Waals surface area contributed by atoms with Crippen molar-refractivity contribution in [1.29, 1.82) is 0 Å². The zero-order valence-corrected chi connectivity index (χ0v) is 13.4. The first kappa shape index (κ1) is 16.0. The van der Waals surface area contributed by atoms with E-state index in [1.165, 1.54) is 0 Å². The van der Waals surface area contributed by atoms with Crippen molar-refractivity contribution in [2.45, 2.75) is 31.4 Å². The number of furan rings is 1. The molecule has 2 aliphatic heterocycles. The third-order valence-electron chi connectivity index (χ3n) is 5.05. The Bertz CT molecular complexity index is 600. The Balaban J connectivity index is 1.76. The Hall–Kier alpha value is -1.86. The quantitative estimate of drug-likeness (QED) is 0.813. The third-order valence-corrected chi connectivity index (χ3v) is 5.05. The number of nitrogens with one attached hydrogen (secondary N) is 1. The molecule has 1 aromatic rings. The summed E-state index contributed by atoms with van der Waals surface area (Å²) in [6.45, 7) is 2.42. The maximum Gasteiger partial charge on any atom is 0.289 e. The van der Waals surface area contributed by atoms with Gasteiger partial charge in [0.2, 0.25) is 5.91 Å². The molecule has 7 nitrogen and oxygen atoms in total. The first-order chi connectivity index (χ1) is 11.0. The van der Waals surface area contributed by atoms with Crippen LogP contribution in [0.2, 0.25) is 0 Å². The minimum absolute atomic E-state index is 0.0809. The van der Waals surface area contributed by atoms with Crippen molar-refractivity contribution in [3.05, 3.63) is 23.7 Å². The molecule has 0 radical (unpaired) electrons. The highest BCUT2D eigenvalue weighted by atomic mass is 16.4. The van der Waals surface area contributed by atoms with E-state index in [-0.39, 0.29) is 29.7 Å². The number of carbonyl (C=O) groups is 2. The molecule has 1 spiro atoms. The lowest BCUT2D eigenvalue weighted by Gasteiger charge is -2.49. The maximum absolute atomic E-state index is 12.7. The second-order valence-corrected chi connectivity index (χ2v) is 6.40. The van der Waals surface area contributed by atoms with Crippen LogP contribution in [0, 0.1) is 0 Å². The van der Waals surface area contributed by atoms with Crippen molar-refractivity contribution in [3.8, 4) is 0 Å². The van der Waals surface area contributed by atoms with Gasteiger partial charge in [0.25, 0.3) is 5.91 Å². The van der Waals surface area contributed by atoms with Gasteiger partial charge in [-0.3, -0.25) is 14.5 Å². The van der Waals surface area contributed by atoms with Crippen LogP contribution in [0.3, 0.4) is 0 Å². The number of rotatable bonds is 2. The molecule has 0 unspecified atom stereocenters. The largest absolute Gasteiger partial charge is 0.453 e. The van der Waals surface area contributed by atoms with E-state index in [9.17, 15) is 9.59 Å². The molecule has 0 saturated carbocycles. The Morgan fingerprint density at radius 2 is 2.22 bits per heavy atom. The summed E-state index contributed by atoms with van der Waals surface area (Å²) in [5.74, 6) is 0.580. The van der Waals surface area contributed by atoms with Crippen LogP contribution < -0.4 is 5.32 Å². The van der Waals surface area contributed by atoms with Gasteiger partial charge in [0.1, 0.15) is 12.4 Å². The lowest BCUT2D eigenvalue weighted by atomic mass is 9.86. The van der Waals surface area contributed by atoms with Gasteiger partial charge in [-0.25, -0.2) is 0 Å². The summed E-state index contributed by atoms with van der Waals surface area (Å²) in [7, 11) is 2.06. The summed E-state index contributed by atoms with van der Waals surface area (Å²) >= 11 is 0. The normalized spacial score (nSPS) is 26.2. The molecule has 2 aliphatic rings. The van der Waals surface area contributed by atoms with E-state index in [1.54, 1.807) is 17.0 Å². The Kier molecular flexibility index (Phi) is 4.41. The van der Waals surface area contributed by atoms with E-state index in [0.29, 0.717) is 31.8 Å². The topological polar surface area (TPSA) is 86.0 Å². The smallest absolute Gasteiger partial charge is 0.289 e.